The number of benzene rings is 1. The Morgan fingerprint density at radius 1 is 1.38 bits per heavy atom. The Kier molecular flexibility index (Phi) is 5.77. The maximum atomic E-state index is 13.0. The molecule has 2 rings (SSSR count). The highest BCUT2D eigenvalue weighted by Gasteiger charge is 2.19. The third-order valence-corrected chi connectivity index (χ3v) is 4.78. The lowest BCUT2D eigenvalue weighted by Gasteiger charge is -2.14. The van der Waals surface area contributed by atoms with Gasteiger partial charge in [0.1, 0.15) is 11.1 Å². The SMILES string of the molecule is COC(=O)[C@H](C)Sc1nc(C)c(Cc2ccc(F)cc2)c(=O)n1C. The number of aryl methyl sites for hydroxylation is 1. The Labute approximate surface area is 143 Å². The van der Waals surface area contributed by atoms with Gasteiger partial charge < -0.3 is 4.74 Å². The maximum absolute atomic E-state index is 13.0. The summed E-state index contributed by atoms with van der Waals surface area (Å²) < 4.78 is 19.1. The molecular formula is C17H19FN2O3S. The molecule has 2 aromatic rings. The van der Waals surface area contributed by atoms with Crippen LogP contribution >= 0.6 is 11.8 Å². The van der Waals surface area contributed by atoms with E-state index in [2.05, 4.69) is 4.98 Å². The first kappa shape index (κ1) is 18.2. The number of methoxy groups -OCH3 is 1. The summed E-state index contributed by atoms with van der Waals surface area (Å²) in [7, 11) is 2.94. The van der Waals surface area contributed by atoms with E-state index in [1.165, 1.54) is 35.6 Å². The largest absolute Gasteiger partial charge is 0.468 e. The third kappa shape index (κ3) is 4.03. The number of thioether (sulfide) groups is 1. The molecule has 128 valence electrons. The van der Waals surface area contributed by atoms with E-state index >= 15 is 0 Å². The van der Waals surface area contributed by atoms with Crippen molar-refractivity contribution in [3.05, 3.63) is 57.3 Å². The van der Waals surface area contributed by atoms with Crippen molar-refractivity contribution < 1.29 is 13.9 Å². The minimum absolute atomic E-state index is 0.175. The number of carbonyl (C=O) groups excluding carboxylic acids is 1. The number of esters is 1. The normalized spacial score (nSPS) is 12.0. The van der Waals surface area contributed by atoms with Crippen LogP contribution in [0.5, 0.6) is 0 Å². The molecule has 1 heterocycles. The summed E-state index contributed by atoms with van der Waals surface area (Å²) in [6.07, 6.45) is 0.378. The van der Waals surface area contributed by atoms with Gasteiger partial charge in [-0.1, -0.05) is 23.9 Å². The molecular weight excluding hydrogens is 331 g/mol. The van der Waals surface area contributed by atoms with Crippen LogP contribution in [0.4, 0.5) is 4.39 Å². The zero-order valence-electron chi connectivity index (χ0n) is 14.0. The molecule has 0 unspecified atom stereocenters. The van der Waals surface area contributed by atoms with Crippen LogP contribution in [-0.4, -0.2) is 27.9 Å². The summed E-state index contributed by atoms with van der Waals surface area (Å²) in [5.74, 6) is -0.688. The Bertz CT molecular complexity index is 803. The number of carbonyl (C=O) groups is 1. The fourth-order valence-electron chi connectivity index (χ4n) is 2.22. The molecule has 5 nitrogen and oxygen atoms in total. The molecule has 0 aliphatic carbocycles. The number of rotatable bonds is 5. The molecule has 0 amide bonds. The van der Waals surface area contributed by atoms with Crippen molar-refractivity contribution in [1.82, 2.24) is 9.55 Å². The fraction of sp³-hybridized carbons (Fsp3) is 0.353. The predicted molar refractivity (Wildman–Crippen MR) is 90.8 cm³/mol. The molecule has 0 fully saturated rings. The van der Waals surface area contributed by atoms with Crippen molar-refractivity contribution >= 4 is 17.7 Å². The Morgan fingerprint density at radius 3 is 2.58 bits per heavy atom. The molecule has 0 saturated heterocycles. The van der Waals surface area contributed by atoms with Crippen LogP contribution < -0.4 is 5.56 Å². The molecule has 0 saturated carbocycles. The summed E-state index contributed by atoms with van der Waals surface area (Å²) in [5.41, 5.74) is 1.81. The number of hydrogen-bond acceptors (Lipinski definition) is 5. The smallest absolute Gasteiger partial charge is 0.318 e. The van der Waals surface area contributed by atoms with Crippen LogP contribution in [-0.2, 0) is 23.0 Å². The van der Waals surface area contributed by atoms with E-state index in [1.807, 2.05) is 0 Å². The van der Waals surface area contributed by atoms with Crippen molar-refractivity contribution in [2.75, 3.05) is 7.11 Å². The quantitative estimate of drug-likeness (QED) is 0.471. The summed E-state index contributed by atoms with van der Waals surface area (Å²) in [4.78, 5) is 28.6. The molecule has 0 N–H and O–H groups in total. The molecule has 24 heavy (non-hydrogen) atoms. The highest BCUT2D eigenvalue weighted by atomic mass is 32.2. The van der Waals surface area contributed by atoms with Crippen LogP contribution in [0.1, 0.15) is 23.7 Å². The summed E-state index contributed by atoms with van der Waals surface area (Å²) in [6.45, 7) is 3.46. The van der Waals surface area contributed by atoms with Crippen LogP contribution in [0.2, 0.25) is 0 Å². The molecule has 0 aliphatic heterocycles. The van der Waals surface area contributed by atoms with Crippen molar-refractivity contribution in [3.63, 3.8) is 0 Å². The Balaban J connectivity index is 2.32. The number of aromatic nitrogens is 2. The lowest BCUT2D eigenvalue weighted by atomic mass is 10.1. The van der Waals surface area contributed by atoms with Gasteiger partial charge in [0, 0.05) is 24.7 Å². The maximum Gasteiger partial charge on any atom is 0.318 e. The molecule has 1 atom stereocenters. The second-order valence-electron chi connectivity index (χ2n) is 5.41. The standard InChI is InChI=1S/C17H19FN2O3S/c1-10-14(9-12-5-7-13(18)8-6-12)15(21)20(3)17(19-10)24-11(2)16(22)23-4/h5-8,11H,9H2,1-4H3/t11-/m0/s1. The van der Waals surface area contributed by atoms with E-state index in [9.17, 15) is 14.0 Å². The third-order valence-electron chi connectivity index (χ3n) is 3.66. The first-order valence-electron chi connectivity index (χ1n) is 7.39. The van der Waals surface area contributed by atoms with E-state index in [4.69, 9.17) is 4.74 Å². The minimum Gasteiger partial charge on any atom is -0.468 e. The van der Waals surface area contributed by atoms with Crippen LogP contribution in [0.25, 0.3) is 0 Å². The monoisotopic (exact) mass is 350 g/mol. The van der Waals surface area contributed by atoms with Gasteiger partial charge in [0.25, 0.3) is 5.56 Å². The lowest BCUT2D eigenvalue weighted by molar-refractivity contribution is -0.139. The average Bonchev–Trinajstić information content (AvgIpc) is 2.57. The van der Waals surface area contributed by atoms with Gasteiger partial charge in [0.2, 0.25) is 0 Å². The van der Waals surface area contributed by atoms with E-state index < -0.39 is 5.25 Å². The van der Waals surface area contributed by atoms with Gasteiger partial charge >= 0.3 is 5.97 Å². The highest BCUT2D eigenvalue weighted by molar-refractivity contribution is 8.00. The van der Waals surface area contributed by atoms with Gasteiger partial charge in [-0.25, -0.2) is 9.37 Å². The first-order valence-corrected chi connectivity index (χ1v) is 8.27. The number of halogens is 1. The van der Waals surface area contributed by atoms with Gasteiger partial charge in [0.15, 0.2) is 5.16 Å². The molecule has 0 spiro atoms. The zero-order chi connectivity index (χ0) is 17.9. The first-order chi connectivity index (χ1) is 11.3. The number of ether oxygens (including phenoxy) is 1. The van der Waals surface area contributed by atoms with Crippen molar-refractivity contribution in [2.24, 2.45) is 7.05 Å². The molecule has 1 aromatic carbocycles. The molecule has 0 radical (unpaired) electrons. The van der Waals surface area contributed by atoms with Crippen molar-refractivity contribution in [1.29, 1.82) is 0 Å². The average molecular weight is 350 g/mol. The molecule has 0 aliphatic rings. The molecule has 7 heteroatoms. The van der Waals surface area contributed by atoms with Crippen molar-refractivity contribution in [3.8, 4) is 0 Å². The van der Waals surface area contributed by atoms with Gasteiger partial charge in [0.05, 0.1) is 7.11 Å². The Hall–Kier alpha value is -2.15. The lowest BCUT2D eigenvalue weighted by Crippen LogP contribution is -2.27. The fourth-order valence-corrected chi connectivity index (χ4v) is 3.16. The van der Waals surface area contributed by atoms with Gasteiger partial charge in [-0.05, 0) is 31.5 Å². The highest BCUT2D eigenvalue weighted by Crippen LogP contribution is 2.22. The molecule has 0 bridgehead atoms. The van der Waals surface area contributed by atoms with Crippen LogP contribution in [0, 0.1) is 12.7 Å². The summed E-state index contributed by atoms with van der Waals surface area (Å²) in [5, 5.41) is -0.00583. The van der Waals surface area contributed by atoms with Gasteiger partial charge in [-0.15, -0.1) is 0 Å². The van der Waals surface area contributed by atoms with Crippen LogP contribution in [0.15, 0.2) is 34.2 Å². The molecule has 1 aromatic heterocycles. The number of nitrogens with zero attached hydrogens (tertiary/aromatic N) is 2. The van der Waals surface area contributed by atoms with Crippen molar-refractivity contribution in [2.45, 2.75) is 30.7 Å². The summed E-state index contributed by atoms with van der Waals surface area (Å²) in [6, 6.07) is 6.03. The van der Waals surface area contributed by atoms with Gasteiger partial charge in [-0.3, -0.25) is 14.2 Å². The second-order valence-corrected chi connectivity index (χ2v) is 6.72. The zero-order valence-corrected chi connectivity index (χ0v) is 14.8. The van der Waals surface area contributed by atoms with Crippen LogP contribution in [0.3, 0.4) is 0 Å². The van der Waals surface area contributed by atoms with Gasteiger partial charge in [-0.2, -0.15) is 0 Å². The van der Waals surface area contributed by atoms with E-state index in [0.717, 1.165) is 5.56 Å². The Morgan fingerprint density at radius 2 is 2.00 bits per heavy atom. The number of hydrogen-bond donors (Lipinski definition) is 0. The second kappa shape index (κ2) is 7.61. The summed E-state index contributed by atoms with van der Waals surface area (Å²) >= 11 is 1.18. The predicted octanol–water partition coefficient (Wildman–Crippen LogP) is 2.47. The van der Waals surface area contributed by atoms with E-state index in [0.29, 0.717) is 22.8 Å². The topological polar surface area (TPSA) is 61.2 Å². The van der Waals surface area contributed by atoms with E-state index in [-0.39, 0.29) is 17.3 Å². The van der Waals surface area contributed by atoms with E-state index in [1.54, 1.807) is 33.0 Å². The minimum atomic E-state index is -0.463.